The number of aliphatic hydroxyl groups is 1. The van der Waals surface area contributed by atoms with Gasteiger partial charge in [0.2, 0.25) is 5.88 Å². The van der Waals surface area contributed by atoms with Gasteiger partial charge in [0.1, 0.15) is 17.6 Å². The molecule has 0 bridgehead atoms. The van der Waals surface area contributed by atoms with Gasteiger partial charge in [0, 0.05) is 12.4 Å². The number of ether oxygens (including phenoxy) is 1. The highest BCUT2D eigenvalue weighted by molar-refractivity contribution is 5.35. The molecule has 4 nitrogen and oxygen atoms in total. The summed E-state index contributed by atoms with van der Waals surface area (Å²) < 4.78 is 56.1. The topological polar surface area (TPSA) is 55.2 Å². The molecule has 0 spiro atoms. The summed E-state index contributed by atoms with van der Waals surface area (Å²) >= 11 is 0. The third-order valence-corrected chi connectivity index (χ3v) is 2.76. The van der Waals surface area contributed by atoms with Gasteiger partial charge in [-0.2, -0.15) is 13.2 Å². The van der Waals surface area contributed by atoms with E-state index in [0.29, 0.717) is 12.1 Å². The number of halogens is 4. The minimum absolute atomic E-state index is 0.0251. The Hall–Kier alpha value is -2.22. The normalized spacial score (nSPS) is 13.0. The smallest absolute Gasteiger partial charge is 0.419 e. The van der Waals surface area contributed by atoms with Crippen LogP contribution in [0, 0.1) is 5.82 Å². The molecule has 1 heterocycles. The van der Waals surface area contributed by atoms with E-state index in [-0.39, 0.29) is 17.1 Å². The fourth-order valence-electron chi connectivity index (χ4n) is 1.77. The highest BCUT2D eigenvalue weighted by Gasteiger charge is 2.35. The van der Waals surface area contributed by atoms with Crippen LogP contribution in [0.3, 0.4) is 0 Å². The molecule has 1 unspecified atom stereocenters. The van der Waals surface area contributed by atoms with Crippen LogP contribution in [0.4, 0.5) is 17.6 Å². The molecule has 2 rings (SSSR count). The molecule has 1 N–H and O–H groups in total. The van der Waals surface area contributed by atoms with Crippen molar-refractivity contribution < 1.29 is 27.4 Å². The lowest BCUT2D eigenvalue weighted by Gasteiger charge is -2.15. The molecule has 2 aromatic rings. The number of nitrogens with zero attached hydrogens (tertiary/aromatic N) is 2. The lowest BCUT2D eigenvalue weighted by atomic mass is 10.0. The zero-order valence-electron chi connectivity index (χ0n) is 10.7. The van der Waals surface area contributed by atoms with Crippen molar-refractivity contribution in [2.45, 2.75) is 12.3 Å². The molecular formula is C13H10F4N2O2. The fourth-order valence-corrected chi connectivity index (χ4v) is 1.77. The Bertz CT molecular complexity index is 646. The summed E-state index contributed by atoms with van der Waals surface area (Å²) in [4.78, 5) is 7.62. The number of hydrogen-bond donors (Lipinski definition) is 1. The van der Waals surface area contributed by atoms with Gasteiger partial charge in [-0.05, 0) is 17.7 Å². The highest BCUT2D eigenvalue weighted by Crippen LogP contribution is 2.34. The van der Waals surface area contributed by atoms with E-state index in [1.54, 1.807) is 0 Å². The quantitative estimate of drug-likeness (QED) is 0.886. The maximum Gasteiger partial charge on any atom is 0.419 e. The Morgan fingerprint density at radius 1 is 1.19 bits per heavy atom. The van der Waals surface area contributed by atoms with Crippen molar-refractivity contribution in [1.82, 2.24) is 9.97 Å². The molecule has 0 saturated heterocycles. The number of methoxy groups -OCH3 is 1. The summed E-state index contributed by atoms with van der Waals surface area (Å²) in [5.41, 5.74) is -1.68. The lowest BCUT2D eigenvalue weighted by Crippen LogP contribution is -2.11. The SMILES string of the molecule is COc1nccnc1C(O)c1ccc(F)c(C(F)(F)F)c1. The van der Waals surface area contributed by atoms with Crippen molar-refractivity contribution in [3.05, 3.63) is 53.2 Å². The highest BCUT2D eigenvalue weighted by atomic mass is 19.4. The van der Waals surface area contributed by atoms with E-state index in [1.807, 2.05) is 0 Å². The zero-order valence-corrected chi connectivity index (χ0v) is 10.7. The maximum atomic E-state index is 13.2. The first kappa shape index (κ1) is 15.2. The van der Waals surface area contributed by atoms with Crippen molar-refractivity contribution in [3.63, 3.8) is 0 Å². The van der Waals surface area contributed by atoms with Crippen LogP contribution in [-0.2, 0) is 6.18 Å². The second-order valence-corrected chi connectivity index (χ2v) is 4.09. The molecule has 0 aliphatic carbocycles. The molecule has 0 aliphatic heterocycles. The summed E-state index contributed by atoms with van der Waals surface area (Å²) in [6.45, 7) is 0. The largest absolute Gasteiger partial charge is 0.480 e. The van der Waals surface area contributed by atoms with E-state index in [9.17, 15) is 22.7 Å². The zero-order chi connectivity index (χ0) is 15.6. The van der Waals surface area contributed by atoms with Gasteiger partial charge >= 0.3 is 6.18 Å². The van der Waals surface area contributed by atoms with Gasteiger partial charge < -0.3 is 9.84 Å². The predicted octanol–water partition coefficient (Wildman–Crippen LogP) is 2.72. The van der Waals surface area contributed by atoms with Crippen LogP contribution in [0.5, 0.6) is 5.88 Å². The Morgan fingerprint density at radius 3 is 2.48 bits per heavy atom. The van der Waals surface area contributed by atoms with Gasteiger partial charge in [-0.25, -0.2) is 9.37 Å². The standard InChI is InChI=1S/C13H10F4N2O2/c1-21-12-10(18-4-5-19-12)11(20)7-2-3-9(14)8(6-7)13(15,16)17/h2-6,11,20H,1H3. The van der Waals surface area contributed by atoms with E-state index in [2.05, 4.69) is 9.97 Å². The van der Waals surface area contributed by atoms with Crippen LogP contribution in [0.25, 0.3) is 0 Å². The van der Waals surface area contributed by atoms with Crippen molar-refractivity contribution in [2.75, 3.05) is 7.11 Å². The summed E-state index contributed by atoms with van der Waals surface area (Å²) in [5.74, 6) is -1.44. The molecule has 8 heteroatoms. The van der Waals surface area contributed by atoms with Gasteiger partial charge in [0.05, 0.1) is 12.7 Å². The molecule has 1 atom stereocenters. The van der Waals surface area contributed by atoms with Crippen LogP contribution in [-0.4, -0.2) is 22.2 Å². The fraction of sp³-hybridized carbons (Fsp3) is 0.231. The molecular weight excluding hydrogens is 292 g/mol. The molecule has 1 aromatic carbocycles. The predicted molar refractivity (Wildman–Crippen MR) is 64.0 cm³/mol. The summed E-state index contributed by atoms with van der Waals surface area (Å²) in [6.07, 6.45) is -3.81. The van der Waals surface area contributed by atoms with E-state index >= 15 is 0 Å². The van der Waals surface area contributed by atoms with Crippen LogP contribution in [0.2, 0.25) is 0 Å². The second kappa shape index (κ2) is 5.65. The van der Waals surface area contributed by atoms with Gasteiger partial charge in [0.25, 0.3) is 0 Å². The van der Waals surface area contributed by atoms with Crippen molar-refractivity contribution >= 4 is 0 Å². The molecule has 0 saturated carbocycles. The molecule has 21 heavy (non-hydrogen) atoms. The number of aromatic nitrogens is 2. The molecule has 0 fully saturated rings. The average molecular weight is 302 g/mol. The Labute approximate surface area is 117 Å². The first-order valence-corrected chi connectivity index (χ1v) is 5.74. The Kier molecular flexibility index (Phi) is 4.08. The number of rotatable bonds is 3. The summed E-state index contributed by atoms with van der Waals surface area (Å²) in [7, 11) is 1.28. The second-order valence-electron chi connectivity index (χ2n) is 4.09. The van der Waals surface area contributed by atoms with Crippen molar-refractivity contribution in [3.8, 4) is 5.88 Å². The Balaban J connectivity index is 2.47. The molecule has 0 radical (unpaired) electrons. The minimum Gasteiger partial charge on any atom is -0.480 e. The number of hydrogen-bond acceptors (Lipinski definition) is 4. The van der Waals surface area contributed by atoms with Gasteiger partial charge in [-0.15, -0.1) is 0 Å². The van der Waals surface area contributed by atoms with Gasteiger partial charge in [-0.1, -0.05) is 6.07 Å². The van der Waals surface area contributed by atoms with Crippen LogP contribution < -0.4 is 4.74 Å². The van der Waals surface area contributed by atoms with E-state index < -0.39 is 23.7 Å². The van der Waals surface area contributed by atoms with Crippen LogP contribution >= 0.6 is 0 Å². The van der Waals surface area contributed by atoms with Gasteiger partial charge in [-0.3, -0.25) is 4.98 Å². The first-order valence-electron chi connectivity index (χ1n) is 5.74. The van der Waals surface area contributed by atoms with E-state index in [1.165, 1.54) is 19.5 Å². The molecule has 0 aliphatic rings. The third kappa shape index (κ3) is 3.10. The average Bonchev–Trinajstić information content (AvgIpc) is 2.45. The summed E-state index contributed by atoms with van der Waals surface area (Å²) in [5, 5.41) is 10.1. The molecule has 0 amide bonds. The number of benzene rings is 1. The lowest BCUT2D eigenvalue weighted by molar-refractivity contribution is -0.140. The molecule has 112 valence electrons. The third-order valence-electron chi connectivity index (χ3n) is 2.76. The monoisotopic (exact) mass is 302 g/mol. The minimum atomic E-state index is -4.85. The Morgan fingerprint density at radius 2 is 1.86 bits per heavy atom. The van der Waals surface area contributed by atoms with Crippen molar-refractivity contribution in [1.29, 1.82) is 0 Å². The van der Waals surface area contributed by atoms with Crippen molar-refractivity contribution in [2.24, 2.45) is 0 Å². The van der Waals surface area contributed by atoms with Crippen LogP contribution in [0.1, 0.15) is 22.9 Å². The summed E-state index contributed by atoms with van der Waals surface area (Å²) in [6, 6.07) is 2.22. The molecule has 1 aromatic heterocycles. The first-order chi connectivity index (χ1) is 9.84. The maximum absolute atomic E-state index is 13.2. The number of aliphatic hydroxyl groups excluding tert-OH is 1. The van der Waals surface area contributed by atoms with Crippen LogP contribution in [0.15, 0.2) is 30.6 Å². The van der Waals surface area contributed by atoms with Gasteiger partial charge in [0.15, 0.2) is 0 Å². The van der Waals surface area contributed by atoms with E-state index in [4.69, 9.17) is 4.74 Å². The number of alkyl halides is 3. The van der Waals surface area contributed by atoms with E-state index in [0.717, 1.165) is 6.07 Å².